The number of alkyl halides is 3. The zero-order chi connectivity index (χ0) is 15.6. The summed E-state index contributed by atoms with van der Waals surface area (Å²) in [5, 5.41) is 0. The van der Waals surface area contributed by atoms with Crippen LogP contribution in [-0.4, -0.2) is 21.6 Å². The summed E-state index contributed by atoms with van der Waals surface area (Å²) in [6, 6.07) is 3.36. The number of halogens is 3. The maximum absolute atomic E-state index is 12.6. The molecule has 21 heavy (non-hydrogen) atoms. The van der Waals surface area contributed by atoms with Crippen molar-refractivity contribution in [1.82, 2.24) is 15.0 Å². The minimum atomic E-state index is -4.39. The lowest BCUT2D eigenvalue weighted by Crippen LogP contribution is -2.07. The van der Waals surface area contributed by atoms with Crippen molar-refractivity contribution in [2.45, 2.75) is 20.0 Å². The molecule has 0 fully saturated rings. The van der Waals surface area contributed by atoms with Crippen molar-refractivity contribution in [2.75, 3.05) is 12.3 Å². The summed E-state index contributed by atoms with van der Waals surface area (Å²) in [7, 11) is 0. The lowest BCUT2D eigenvalue weighted by atomic mass is 10.0. The molecule has 0 spiro atoms. The summed E-state index contributed by atoms with van der Waals surface area (Å²) in [5.74, 6) is 0.125. The molecule has 0 unspecified atom stereocenters. The van der Waals surface area contributed by atoms with Crippen LogP contribution in [0.2, 0.25) is 0 Å². The fraction of sp³-hybridized carbons (Fsp3) is 0.308. The van der Waals surface area contributed by atoms with Crippen LogP contribution in [0, 0.1) is 6.92 Å². The van der Waals surface area contributed by atoms with Gasteiger partial charge >= 0.3 is 12.2 Å². The van der Waals surface area contributed by atoms with E-state index in [-0.39, 0.29) is 17.8 Å². The van der Waals surface area contributed by atoms with Gasteiger partial charge in [-0.3, -0.25) is 0 Å². The van der Waals surface area contributed by atoms with E-state index in [2.05, 4.69) is 15.0 Å². The van der Waals surface area contributed by atoms with Gasteiger partial charge in [0.1, 0.15) is 0 Å². The van der Waals surface area contributed by atoms with Crippen LogP contribution in [-0.2, 0) is 6.18 Å². The Kier molecular flexibility index (Phi) is 3.97. The first-order chi connectivity index (χ1) is 9.81. The molecule has 1 heterocycles. The first-order valence-corrected chi connectivity index (χ1v) is 6.14. The molecule has 0 amide bonds. The topological polar surface area (TPSA) is 73.9 Å². The Morgan fingerprint density at radius 2 is 1.90 bits per heavy atom. The van der Waals surface area contributed by atoms with E-state index in [0.29, 0.717) is 17.7 Å². The third kappa shape index (κ3) is 3.39. The van der Waals surface area contributed by atoms with Crippen molar-refractivity contribution in [3.8, 4) is 17.4 Å². The van der Waals surface area contributed by atoms with E-state index in [1.165, 1.54) is 6.07 Å². The van der Waals surface area contributed by atoms with Crippen LogP contribution in [0.5, 0.6) is 6.01 Å². The highest BCUT2D eigenvalue weighted by atomic mass is 19.4. The van der Waals surface area contributed by atoms with Crippen molar-refractivity contribution in [2.24, 2.45) is 0 Å². The Hall–Kier alpha value is -2.38. The molecule has 0 radical (unpaired) electrons. The molecule has 2 rings (SSSR count). The highest BCUT2D eigenvalue weighted by Gasteiger charge is 2.30. The summed E-state index contributed by atoms with van der Waals surface area (Å²) < 4.78 is 43.1. The molecule has 0 aliphatic heterocycles. The number of nitrogen functional groups attached to an aromatic ring is 1. The lowest BCUT2D eigenvalue weighted by Gasteiger charge is -2.11. The van der Waals surface area contributed by atoms with Gasteiger partial charge in [0.25, 0.3) is 0 Å². The second-order valence-electron chi connectivity index (χ2n) is 4.26. The number of ether oxygens (including phenoxy) is 1. The van der Waals surface area contributed by atoms with E-state index >= 15 is 0 Å². The largest absolute Gasteiger partial charge is 0.464 e. The summed E-state index contributed by atoms with van der Waals surface area (Å²) in [6.07, 6.45) is -4.39. The van der Waals surface area contributed by atoms with Gasteiger partial charge in [-0.1, -0.05) is 6.07 Å². The zero-order valence-electron chi connectivity index (χ0n) is 11.4. The second kappa shape index (κ2) is 5.55. The molecule has 1 aromatic heterocycles. The molecule has 1 aromatic carbocycles. The number of hydrogen-bond donors (Lipinski definition) is 1. The maximum Gasteiger partial charge on any atom is 0.416 e. The highest BCUT2D eigenvalue weighted by molar-refractivity contribution is 5.61. The number of aromatic nitrogens is 3. The van der Waals surface area contributed by atoms with Crippen LogP contribution in [0.25, 0.3) is 11.4 Å². The Morgan fingerprint density at radius 3 is 2.48 bits per heavy atom. The van der Waals surface area contributed by atoms with Crippen LogP contribution < -0.4 is 10.5 Å². The molecule has 5 nitrogen and oxygen atoms in total. The summed E-state index contributed by atoms with van der Waals surface area (Å²) >= 11 is 0. The average Bonchev–Trinajstić information content (AvgIpc) is 2.37. The fourth-order valence-electron chi connectivity index (χ4n) is 1.78. The van der Waals surface area contributed by atoms with E-state index in [1.54, 1.807) is 13.8 Å². The molecule has 2 aromatic rings. The van der Waals surface area contributed by atoms with E-state index in [1.807, 2.05) is 0 Å². The Balaban J connectivity index is 2.47. The van der Waals surface area contributed by atoms with Gasteiger partial charge in [0, 0.05) is 5.56 Å². The SMILES string of the molecule is CCOc1nc(N)nc(-c2ccc(C(F)(F)F)cc2C)n1. The molecule has 112 valence electrons. The number of nitrogens with zero attached hydrogens (tertiary/aromatic N) is 3. The van der Waals surface area contributed by atoms with Crippen LogP contribution in [0.15, 0.2) is 18.2 Å². The number of benzene rings is 1. The number of nitrogens with two attached hydrogens (primary N) is 1. The highest BCUT2D eigenvalue weighted by Crippen LogP contribution is 2.32. The molecule has 0 aliphatic carbocycles. The van der Waals surface area contributed by atoms with Crippen LogP contribution in [0.4, 0.5) is 19.1 Å². The van der Waals surface area contributed by atoms with Crippen molar-refractivity contribution in [3.05, 3.63) is 29.3 Å². The third-order valence-corrected chi connectivity index (χ3v) is 2.70. The summed E-state index contributed by atoms with van der Waals surface area (Å²) in [6.45, 7) is 3.64. The van der Waals surface area contributed by atoms with Gasteiger partial charge in [-0.15, -0.1) is 0 Å². The smallest absolute Gasteiger partial charge is 0.416 e. The van der Waals surface area contributed by atoms with E-state index < -0.39 is 11.7 Å². The van der Waals surface area contributed by atoms with Gasteiger partial charge in [-0.25, -0.2) is 0 Å². The van der Waals surface area contributed by atoms with Gasteiger partial charge in [-0.05, 0) is 31.5 Å². The van der Waals surface area contributed by atoms with Crippen molar-refractivity contribution in [1.29, 1.82) is 0 Å². The average molecular weight is 298 g/mol. The van der Waals surface area contributed by atoms with Crippen molar-refractivity contribution in [3.63, 3.8) is 0 Å². The van der Waals surface area contributed by atoms with Gasteiger partial charge in [-0.2, -0.15) is 28.1 Å². The first kappa shape index (κ1) is 15.0. The van der Waals surface area contributed by atoms with E-state index in [4.69, 9.17) is 10.5 Å². The summed E-state index contributed by atoms with van der Waals surface area (Å²) in [4.78, 5) is 11.8. The van der Waals surface area contributed by atoms with E-state index in [0.717, 1.165) is 12.1 Å². The van der Waals surface area contributed by atoms with Gasteiger partial charge in [0.15, 0.2) is 5.82 Å². The monoisotopic (exact) mass is 298 g/mol. The van der Waals surface area contributed by atoms with Crippen LogP contribution >= 0.6 is 0 Å². The lowest BCUT2D eigenvalue weighted by molar-refractivity contribution is -0.137. The van der Waals surface area contributed by atoms with Crippen LogP contribution in [0.3, 0.4) is 0 Å². The first-order valence-electron chi connectivity index (χ1n) is 6.14. The Labute approximate surface area is 119 Å². The predicted molar refractivity (Wildman–Crippen MR) is 70.6 cm³/mol. The Bertz CT molecular complexity index is 658. The quantitative estimate of drug-likeness (QED) is 0.943. The number of aryl methyl sites for hydroxylation is 1. The van der Waals surface area contributed by atoms with Gasteiger partial charge in [0.05, 0.1) is 12.2 Å². The molecule has 0 atom stereocenters. The Morgan fingerprint density at radius 1 is 1.19 bits per heavy atom. The standard InChI is InChI=1S/C13H13F3N4O/c1-3-21-12-19-10(18-11(17)20-12)9-5-4-8(6-7(9)2)13(14,15)16/h4-6H,3H2,1-2H3,(H2,17,18,19,20). The second-order valence-corrected chi connectivity index (χ2v) is 4.26. The maximum atomic E-state index is 12.6. The van der Waals surface area contributed by atoms with Gasteiger partial charge in [0.2, 0.25) is 5.95 Å². The van der Waals surface area contributed by atoms with Crippen molar-refractivity contribution >= 4 is 5.95 Å². The number of hydrogen-bond acceptors (Lipinski definition) is 5. The predicted octanol–water partition coefficient (Wildman–Crippen LogP) is 2.85. The molecular formula is C13H13F3N4O. The molecule has 0 saturated heterocycles. The van der Waals surface area contributed by atoms with E-state index in [9.17, 15) is 13.2 Å². The molecule has 0 bridgehead atoms. The molecule has 2 N–H and O–H groups in total. The minimum absolute atomic E-state index is 0.0410. The normalized spacial score (nSPS) is 11.5. The van der Waals surface area contributed by atoms with Gasteiger partial charge < -0.3 is 10.5 Å². The molecular weight excluding hydrogens is 285 g/mol. The third-order valence-electron chi connectivity index (χ3n) is 2.70. The minimum Gasteiger partial charge on any atom is -0.464 e. The van der Waals surface area contributed by atoms with Crippen LogP contribution in [0.1, 0.15) is 18.1 Å². The summed E-state index contributed by atoms with van der Waals surface area (Å²) in [5.41, 5.74) is 5.66. The fourth-order valence-corrected chi connectivity index (χ4v) is 1.78. The molecule has 0 aliphatic rings. The number of rotatable bonds is 3. The molecule has 0 saturated carbocycles. The number of anilines is 1. The molecule has 8 heteroatoms. The zero-order valence-corrected chi connectivity index (χ0v) is 11.4. The van der Waals surface area contributed by atoms with Crippen molar-refractivity contribution < 1.29 is 17.9 Å².